The molecule has 3 rings (SSSR count). The summed E-state index contributed by atoms with van der Waals surface area (Å²) in [5.74, 6) is -0.559. The number of carbonyl (C=O) groups excluding carboxylic acids is 1. The highest BCUT2D eigenvalue weighted by molar-refractivity contribution is 7.20. The lowest BCUT2D eigenvalue weighted by Crippen LogP contribution is -2.36. The molecule has 5 heteroatoms. The summed E-state index contributed by atoms with van der Waals surface area (Å²) in [6.45, 7) is 0. The fraction of sp³-hybridized carbons (Fsp3) is 0.333. The van der Waals surface area contributed by atoms with Crippen molar-refractivity contribution < 1.29 is 9.18 Å². The van der Waals surface area contributed by atoms with Crippen LogP contribution in [0.25, 0.3) is 10.1 Å². The number of hydrogen-bond donors (Lipinski definition) is 1. The number of hydrogen-bond acceptors (Lipinski definition) is 3. The average Bonchev–Trinajstić information content (AvgIpc) is 3.04. The highest BCUT2D eigenvalue weighted by Crippen LogP contribution is 2.28. The first kappa shape index (κ1) is 13.1. The van der Waals surface area contributed by atoms with Crippen molar-refractivity contribution >= 4 is 27.3 Å². The first-order chi connectivity index (χ1) is 9.67. The summed E-state index contributed by atoms with van der Waals surface area (Å²) in [7, 11) is 0. The Morgan fingerprint density at radius 2 is 2.25 bits per heavy atom. The van der Waals surface area contributed by atoms with Crippen molar-refractivity contribution in [1.29, 1.82) is 5.26 Å². The Hall–Kier alpha value is -1.93. The molecule has 1 fully saturated rings. The van der Waals surface area contributed by atoms with Gasteiger partial charge in [0.1, 0.15) is 5.82 Å². The number of amides is 1. The predicted octanol–water partition coefficient (Wildman–Crippen LogP) is 3.46. The van der Waals surface area contributed by atoms with Gasteiger partial charge < -0.3 is 5.32 Å². The molecule has 20 heavy (non-hydrogen) atoms. The second-order valence-corrected chi connectivity index (χ2v) is 6.12. The number of nitrogens with zero attached hydrogens (tertiary/aromatic N) is 1. The molecule has 2 aromatic rings. The minimum absolute atomic E-state index is 0.0607. The minimum atomic E-state index is -0.299. The SMILES string of the molecule is N#CC1CCCC1NC(=O)c1cc2ccc(F)cc2s1. The Balaban J connectivity index is 1.80. The van der Waals surface area contributed by atoms with Crippen LogP contribution in [-0.4, -0.2) is 11.9 Å². The van der Waals surface area contributed by atoms with Crippen LogP contribution in [0.3, 0.4) is 0 Å². The minimum Gasteiger partial charge on any atom is -0.347 e. The van der Waals surface area contributed by atoms with Crippen LogP contribution in [0.2, 0.25) is 0 Å². The third-order valence-corrected chi connectivity index (χ3v) is 4.80. The summed E-state index contributed by atoms with van der Waals surface area (Å²) >= 11 is 1.28. The Labute approximate surface area is 120 Å². The van der Waals surface area contributed by atoms with Crippen molar-refractivity contribution in [2.75, 3.05) is 0 Å². The van der Waals surface area contributed by atoms with Gasteiger partial charge in [0.15, 0.2) is 0 Å². The summed E-state index contributed by atoms with van der Waals surface area (Å²) in [6.07, 6.45) is 2.67. The highest BCUT2D eigenvalue weighted by Gasteiger charge is 2.29. The molecule has 1 heterocycles. The second kappa shape index (κ2) is 5.22. The van der Waals surface area contributed by atoms with Gasteiger partial charge in [-0.15, -0.1) is 11.3 Å². The van der Waals surface area contributed by atoms with Crippen LogP contribution in [0.15, 0.2) is 24.3 Å². The Morgan fingerprint density at radius 1 is 1.40 bits per heavy atom. The molecule has 1 amide bonds. The largest absolute Gasteiger partial charge is 0.347 e. The van der Waals surface area contributed by atoms with Crippen LogP contribution in [-0.2, 0) is 0 Å². The summed E-state index contributed by atoms with van der Waals surface area (Å²) in [5.41, 5.74) is 0. The van der Waals surface area contributed by atoms with Crippen LogP contribution >= 0.6 is 11.3 Å². The molecular formula is C15H13FN2OS. The van der Waals surface area contributed by atoms with E-state index in [4.69, 9.17) is 5.26 Å². The average molecular weight is 288 g/mol. The van der Waals surface area contributed by atoms with E-state index in [1.54, 1.807) is 12.1 Å². The summed E-state index contributed by atoms with van der Waals surface area (Å²) in [4.78, 5) is 12.8. The summed E-state index contributed by atoms with van der Waals surface area (Å²) in [5, 5.41) is 12.8. The number of halogens is 1. The fourth-order valence-electron chi connectivity index (χ4n) is 2.64. The van der Waals surface area contributed by atoms with Crippen LogP contribution in [0.1, 0.15) is 28.9 Å². The molecule has 1 aliphatic rings. The number of nitrogens with one attached hydrogen (secondary N) is 1. The molecule has 2 unspecified atom stereocenters. The zero-order valence-electron chi connectivity index (χ0n) is 10.7. The lowest BCUT2D eigenvalue weighted by molar-refractivity contribution is 0.0937. The van der Waals surface area contributed by atoms with E-state index in [9.17, 15) is 9.18 Å². The summed E-state index contributed by atoms with van der Waals surface area (Å²) in [6, 6.07) is 8.45. The third kappa shape index (κ3) is 2.39. The topological polar surface area (TPSA) is 52.9 Å². The molecule has 102 valence electrons. The van der Waals surface area contributed by atoms with E-state index in [0.717, 1.165) is 29.3 Å². The second-order valence-electron chi connectivity index (χ2n) is 5.04. The normalized spacial score (nSPS) is 21.8. The molecule has 1 saturated carbocycles. The van der Waals surface area contributed by atoms with Gasteiger partial charge in [-0.25, -0.2) is 4.39 Å². The lowest BCUT2D eigenvalue weighted by atomic mass is 10.1. The molecule has 1 aromatic heterocycles. The lowest BCUT2D eigenvalue weighted by Gasteiger charge is -2.14. The van der Waals surface area contributed by atoms with Crippen LogP contribution in [0.4, 0.5) is 4.39 Å². The zero-order chi connectivity index (χ0) is 14.1. The molecule has 0 radical (unpaired) electrons. The van der Waals surface area contributed by atoms with E-state index < -0.39 is 0 Å². The van der Waals surface area contributed by atoms with Gasteiger partial charge in [0.05, 0.1) is 16.9 Å². The van der Waals surface area contributed by atoms with Gasteiger partial charge in [-0.2, -0.15) is 5.26 Å². The van der Waals surface area contributed by atoms with Crippen molar-refractivity contribution in [1.82, 2.24) is 5.32 Å². The Kier molecular flexibility index (Phi) is 3.41. The number of nitriles is 1. The number of fused-ring (bicyclic) bond motifs is 1. The Bertz CT molecular complexity index is 703. The van der Waals surface area contributed by atoms with Gasteiger partial charge in [-0.1, -0.05) is 6.07 Å². The van der Waals surface area contributed by atoms with Gasteiger partial charge in [0.2, 0.25) is 0 Å². The van der Waals surface area contributed by atoms with Gasteiger partial charge in [-0.05, 0) is 42.8 Å². The van der Waals surface area contributed by atoms with Crippen LogP contribution in [0.5, 0.6) is 0 Å². The van der Waals surface area contributed by atoms with E-state index in [1.807, 2.05) is 0 Å². The van der Waals surface area contributed by atoms with Crippen molar-refractivity contribution in [2.24, 2.45) is 5.92 Å². The molecule has 3 nitrogen and oxygen atoms in total. The molecule has 1 aromatic carbocycles. The first-order valence-electron chi connectivity index (χ1n) is 6.57. The quantitative estimate of drug-likeness (QED) is 0.920. The zero-order valence-corrected chi connectivity index (χ0v) is 11.5. The standard InChI is InChI=1S/C15H13FN2OS/c16-11-5-4-9-6-14(20-13(9)7-11)15(19)18-12-3-1-2-10(12)8-17/h4-7,10,12H,1-3H2,(H,18,19). The smallest absolute Gasteiger partial charge is 0.261 e. The van der Waals surface area contributed by atoms with Crippen molar-refractivity contribution in [3.8, 4) is 6.07 Å². The number of benzene rings is 1. The van der Waals surface area contributed by atoms with E-state index in [0.29, 0.717) is 4.88 Å². The molecule has 0 bridgehead atoms. The molecule has 1 N–H and O–H groups in total. The maximum atomic E-state index is 13.1. The number of thiophene rings is 1. The van der Waals surface area contributed by atoms with E-state index >= 15 is 0 Å². The molecule has 0 spiro atoms. The first-order valence-corrected chi connectivity index (χ1v) is 7.38. The van der Waals surface area contributed by atoms with E-state index in [2.05, 4.69) is 11.4 Å². The molecular weight excluding hydrogens is 275 g/mol. The molecule has 0 saturated heterocycles. The van der Waals surface area contributed by atoms with E-state index in [1.165, 1.54) is 23.5 Å². The van der Waals surface area contributed by atoms with E-state index in [-0.39, 0.29) is 23.7 Å². The van der Waals surface area contributed by atoms with Crippen molar-refractivity contribution in [3.63, 3.8) is 0 Å². The van der Waals surface area contributed by atoms with Crippen molar-refractivity contribution in [2.45, 2.75) is 25.3 Å². The van der Waals surface area contributed by atoms with Crippen molar-refractivity contribution in [3.05, 3.63) is 35.0 Å². The highest BCUT2D eigenvalue weighted by atomic mass is 32.1. The van der Waals surface area contributed by atoms with Gasteiger partial charge in [0.25, 0.3) is 5.91 Å². The van der Waals surface area contributed by atoms with Gasteiger partial charge >= 0.3 is 0 Å². The molecule has 2 atom stereocenters. The van der Waals surface area contributed by atoms with Crippen LogP contribution < -0.4 is 5.32 Å². The number of carbonyl (C=O) groups is 1. The maximum absolute atomic E-state index is 13.1. The molecule has 1 aliphatic carbocycles. The Morgan fingerprint density at radius 3 is 3.05 bits per heavy atom. The fourth-order valence-corrected chi connectivity index (χ4v) is 3.63. The molecule has 0 aliphatic heterocycles. The third-order valence-electron chi connectivity index (χ3n) is 3.70. The summed E-state index contributed by atoms with van der Waals surface area (Å²) < 4.78 is 13.9. The monoisotopic (exact) mass is 288 g/mol. The van der Waals surface area contributed by atoms with Gasteiger partial charge in [0, 0.05) is 10.7 Å². The van der Waals surface area contributed by atoms with Gasteiger partial charge in [-0.3, -0.25) is 4.79 Å². The predicted molar refractivity (Wildman–Crippen MR) is 76.0 cm³/mol. The maximum Gasteiger partial charge on any atom is 0.261 e. The van der Waals surface area contributed by atoms with Crippen LogP contribution in [0, 0.1) is 23.1 Å². The number of rotatable bonds is 2.